The van der Waals surface area contributed by atoms with E-state index in [-0.39, 0.29) is 5.82 Å². The molecule has 0 heterocycles. The van der Waals surface area contributed by atoms with Gasteiger partial charge in [-0.15, -0.1) is 0 Å². The zero-order valence-electron chi connectivity index (χ0n) is 7.14. The van der Waals surface area contributed by atoms with Gasteiger partial charge in [0, 0.05) is 10.4 Å². The van der Waals surface area contributed by atoms with Crippen LogP contribution in [0.5, 0.6) is 0 Å². The highest BCUT2D eigenvalue weighted by Gasteiger charge is 2.01. The van der Waals surface area contributed by atoms with E-state index in [1.807, 2.05) is 19.1 Å². The fourth-order valence-electron chi connectivity index (χ4n) is 1.43. The minimum absolute atomic E-state index is 0.252. The molecule has 13 heavy (non-hydrogen) atoms. The molecule has 2 rings (SSSR count). The number of benzene rings is 2. The Morgan fingerprint density at radius 2 is 1.92 bits per heavy atom. The van der Waals surface area contributed by atoms with E-state index in [4.69, 9.17) is 11.6 Å². The molecule has 0 aliphatic heterocycles. The lowest BCUT2D eigenvalue weighted by atomic mass is 10.1. The maximum absolute atomic E-state index is 12.9. The van der Waals surface area contributed by atoms with Crippen LogP contribution >= 0.6 is 11.6 Å². The van der Waals surface area contributed by atoms with E-state index in [9.17, 15) is 4.39 Å². The monoisotopic (exact) mass is 194 g/mol. The first-order chi connectivity index (χ1) is 6.16. The number of aryl methyl sites for hydroxylation is 1. The molecule has 0 fully saturated rings. The summed E-state index contributed by atoms with van der Waals surface area (Å²) in [5.41, 5.74) is 1.09. The second-order valence-corrected chi connectivity index (χ2v) is 3.52. The standard InChI is InChI=1S/C11H8ClF/c1-7-4-8-2-3-9(13)6-10(8)11(12)5-7/h2-6H,1H3. The highest BCUT2D eigenvalue weighted by atomic mass is 35.5. The molecule has 0 saturated carbocycles. The molecule has 0 unspecified atom stereocenters. The molecule has 0 aromatic heterocycles. The van der Waals surface area contributed by atoms with Gasteiger partial charge >= 0.3 is 0 Å². The minimum atomic E-state index is -0.252. The summed E-state index contributed by atoms with van der Waals surface area (Å²) in [5, 5.41) is 2.35. The van der Waals surface area contributed by atoms with Crippen molar-refractivity contribution in [2.45, 2.75) is 6.92 Å². The number of rotatable bonds is 0. The molecule has 0 aliphatic rings. The normalized spacial score (nSPS) is 10.7. The second kappa shape index (κ2) is 3.00. The van der Waals surface area contributed by atoms with Crippen molar-refractivity contribution in [2.24, 2.45) is 0 Å². The summed E-state index contributed by atoms with van der Waals surface area (Å²) in [4.78, 5) is 0. The molecular weight excluding hydrogens is 187 g/mol. The second-order valence-electron chi connectivity index (χ2n) is 3.11. The number of hydrogen-bond donors (Lipinski definition) is 0. The molecule has 0 bridgehead atoms. The molecule has 0 N–H and O–H groups in total. The fourth-order valence-corrected chi connectivity index (χ4v) is 1.76. The van der Waals surface area contributed by atoms with Crippen LogP contribution in [-0.4, -0.2) is 0 Å². The van der Waals surface area contributed by atoms with E-state index in [1.165, 1.54) is 12.1 Å². The van der Waals surface area contributed by atoms with Crippen LogP contribution in [0.25, 0.3) is 10.8 Å². The van der Waals surface area contributed by atoms with Crippen molar-refractivity contribution in [3.8, 4) is 0 Å². The average molecular weight is 195 g/mol. The lowest BCUT2D eigenvalue weighted by Crippen LogP contribution is -1.80. The lowest BCUT2D eigenvalue weighted by Gasteiger charge is -2.02. The van der Waals surface area contributed by atoms with E-state index in [1.54, 1.807) is 6.07 Å². The zero-order valence-corrected chi connectivity index (χ0v) is 7.90. The third kappa shape index (κ3) is 1.52. The summed E-state index contributed by atoms with van der Waals surface area (Å²) >= 11 is 5.97. The van der Waals surface area contributed by atoms with Crippen LogP contribution in [0, 0.1) is 12.7 Å². The van der Waals surface area contributed by atoms with Crippen molar-refractivity contribution in [3.63, 3.8) is 0 Å². The predicted octanol–water partition coefficient (Wildman–Crippen LogP) is 3.94. The Hall–Kier alpha value is -1.08. The van der Waals surface area contributed by atoms with Crippen molar-refractivity contribution in [2.75, 3.05) is 0 Å². The topological polar surface area (TPSA) is 0 Å². The maximum atomic E-state index is 12.9. The lowest BCUT2D eigenvalue weighted by molar-refractivity contribution is 0.630. The summed E-state index contributed by atoms with van der Waals surface area (Å²) in [6.07, 6.45) is 0. The van der Waals surface area contributed by atoms with Gasteiger partial charge in [0.2, 0.25) is 0 Å². The van der Waals surface area contributed by atoms with Gasteiger partial charge in [0.15, 0.2) is 0 Å². The smallest absolute Gasteiger partial charge is 0.123 e. The van der Waals surface area contributed by atoms with Crippen LogP contribution in [-0.2, 0) is 0 Å². The Labute approximate surface area is 80.9 Å². The van der Waals surface area contributed by atoms with Crippen LogP contribution in [0.4, 0.5) is 4.39 Å². The molecular formula is C11H8ClF. The zero-order chi connectivity index (χ0) is 9.42. The molecule has 2 aromatic rings. The van der Waals surface area contributed by atoms with Gasteiger partial charge in [0.25, 0.3) is 0 Å². The van der Waals surface area contributed by atoms with Crippen molar-refractivity contribution >= 4 is 22.4 Å². The minimum Gasteiger partial charge on any atom is -0.207 e. The summed E-state index contributed by atoms with van der Waals surface area (Å²) in [5.74, 6) is -0.252. The van der Waals surface area contributed by atoms with Crippen LogP contribution < -0.4 is 0 Å². The van der Waals surface area contributed by atoms with E-state index in [0.29, 0.717) is 5.02 Å². The van der Waals surface area contributed by atoms with Crippen LogP contribution in [0.1, 0.15) is 5.56 Å². The number of hydrogen-bond acceptors (Lipinski definition) is 0. The molecule has 0 amide bonds. The maximum Gasteiger partial charge on any atom is 0.123 e. The van der Waals surface area contributed by atoms with Gasteiger partial charge in [-0.25, -0.2) is 4.39 Å². The molecule has 0 radical (unpaired) electrons. The molecule has 0 nitrogen and oxygen atoms in total. The highest BCUT2D eigenvalue weighted by Crippen LogP contribution is 2.25. The first-order valence-electron chi connectivity index (χ1n) is 4.02. The molecule has 0 spiro atoms. The SMILES string of the molecule is Cc1cc(Cl)c2cc(F)ccc2c1. The molecule has 2 heteroatoms. The third-order valence-electron chi connectivity index (χ3n) is 2.01. The summed E-state index contributed by atoms with van der Waals surface area (Å²) < 4.78 is 12.9. The molecule has 2 aromatic carbocycles. The van der Waals surface area contributed by atoms with Crippen LogP contribution in [0.15, 0.2) is 30.3 Å². The van der Waals surface area contributed by atoms with Crippen molar-refractivity contribution in [3.05, 3.63) is 46.7 Å². The van der Waals surface area contributed by atoms with Gasteiger partial charge in [-0.05, 0) is 36.1 Å². The Morgan fingerprint density at radius 3 is 2.69 bits per heavy atom. The average Bonchev–Trinajstić information content (AvgIpc) is 2.06. The summed E-state index contributed by atoms with van der Waals surface area (Å²) in [7, 11) is 0. The molecule has 66 valence electrons. The largest absolute Gasteiger partial charge is 0.207 e. The third-order valence-corrected chi connectivity index (χ3v) is 2.32. The molecule has 0 aliphatic carbocycles. The van der Waals surface area contributed by atoms with E-state index in [0.717, 1.165) is 16.3 Å². The van der Waals surface area contributed by atoms with Crippen LogP contribution in [0.2, 0.25) is 5.02 Å². The van der Waals surface area contributed by atoms with E-state index < -0.39 is 0 Å². The van der Waals surface area contributed by atoms with Gasteiger partial charge in [0.1, 0.15) is 5.82 Å². The van der Waals surface area contributed by atoms with Crippen LogP contribution in [0.3, 0.4) is 0 Å². The fraction of sp³-hybridized carbons (Fsp3) is 0.0909. The molecule has 0 atom stereocenters. The van der Waals surface area contributed by atoms with Gasteiger partial charge in [-0.2, -0.15) is 0 Å². The van der Waals surface area contributed by atoms with Crippen molar-refractivity contribution < 1.29 is 4.39 Å². The predicted molar refractivity (Wildman–Crippen MR) is 53.7 cm³/mol. The Morgan fingerprint density at radius 1 is 1.15 bits per heavy atom. The number of fused-ring (bicyclic) bond motifs is 1. The number of halogens is 2. The van der Waals surface area contributed by atoms with Gasteiger partial charge in [-0.3, -0.25) is 0 Å². The Bertz CT molecular complexity index is 463. The van der Waals surface area contributed by atoms with Gasteiger partial charge in [-0.1, -0.05) is 23.7 Å². The Balaban J connectivity index is 2.87. The van der Waals surface area contributed by atoms with Gasteiger partial charge < -0.3 is 0 Å². The van der Waals surface area contributed by atoms with Crippen molar-refractivity contribution in [1.29, 1.82) is 0 Å². The molecule has 0 saturated heterocycles. The highest BCUT2D eigenvalue weighted by molar-refractivity contribution is 6.35. The van der Waals surface area contributed by atoms with E-state index >= 15 is 0 Å². The quantitative estimate of drug-likeness (QED) is 0.596. The first-order valence-corrected chi connectivity index (χ1v) is 4.40. The van der Waals surface area contributed by atoms with E-state index in [2.05, 4.69) is 0 Å². The van der Waals surface area contributed by atoms with Crippen molar-refractivity contribution in [1.82, 2.24) is 0 Å². The first kappa shape index (κ1) is 8.52. The summed E-state index contributed by atoms with van der Waals surface area (Å²) in [6.45, 7) is 1.97. The van der Waals surface area contributed by atoms with Gasteiger partial charge in [0.05, 0.1) is 0 Å². The summed E-state index contributed by atoms with van der Waals surface area (Å²) in [6, 6.07) is 8.46. The Kier molecular flexibility index (Phi) is 1.97.